The van der Waals surface area contributed by atoms with Crippen molar-refractivity contribution in [3.8, 4) is 5.75 Å². The zero-order valence-corrected chi connectivity index (χ0v) is 11.2. The van der Waals surface area contributed by atoms with Crippen molar-refractivity contribution in [1.82, 2.24) is 0 Å². The Bertz CT molecular complexity index is 531. The first-order valence-corrected chi connectivity index (χ1v) is 7.28. The van der Waals surface area contributed by atoms with E-state index in [0.29, 0.717) is 0 Å². The van der Waals surface area contributed by atoms with Gasteiger partial charge in [0, 0.05) is 0 Å². The SMILES string of the molecule is NS(=O)(=O)CCOCCOc1cccc(C(F)(F)F)c1. The maximum absolute atomic E-state index is 12.4. The third-order valence-corrected chi connectivity index (χ3v) is 2.91. The normalized spacial score (nSPS) is 12.4. The summed E-state index contributed by atoms with van der Waals surface area (Å²) in [6, 6.07) is 4.44. The summed E-state index contributed by atoms with van der Waals surface area (Å²) in [5, 5.41) is 4.75. The van der Waals surface area contributed by atoms with Crippen LogP contribution in [0, 0.1) is 0 Å². The van der Waals surface area contributed by atoms with Crippen LogP contribution >= 0.6 is 0 Å². The van der Waals surface area contributed by atoms with E-state index in [4.69, 9.17) is 14.6 Å². The van der Waals surface area contributed by atoms with Gasteiger partial charge in [-0.25, -0.2) is 13.6 Å². The Morgan fingerprint density at radius 3 is 2.45 bits per heavy atom. The largest absolute Gasteiger partial charge is 0.491 e. The fraction of sp³-hybridized carbons (Fsp3) is 0.455. The van der Waals surface area contributed by atoms with Gasteiger partial charge in [-0.3, -0.25) is 0 Å². The van der Waals surface area contributed by atoms with Gasteiger partial charge in [-0.15, -0.1) is 0 Å². The predicted octanol–water partition coefficient (Wildman–Crippen LogP) is 1.39. The summed E-state index contributed by atoms with van der Waals surface area (Å²) in [6.07, 6.45) is -4.43. The number of alkyl halides is 3. The summed E-state index contributed by atoms with van der Waals surface area (Å²) in [5.41, 5.74) is -0.801. The summed E-state index contributed by atoms with van der Waals surface area (Å²) in [7, 11) is -3.58. The molecule has 0 saturated carbocycles. The topological polar surface area (TPSA) is 78.6 Å². The van der Waals surface area contributed by atoms with E-state index in [-0.39, 0.29) is 31.3 Å². The van der Waals surface area contributed by atoms with Gasteiger partial charge in [0.15, 0.2) is 0 Å². The van der Waals surface area contributed by atoms with E-state index >= 15 is 0 Å². The second kappa shape index (κ2) is 6.91. The quantitative estimate of drug-likeness (QED) is 0.772. The summed E-state index contributed by atoms with van der Waals surface area (Å²) in [5.74, 6) is -0.258. The van der Waals surface area contributed by atoms with Gasteiger partial charge in [-0.1, -0.05) is 6.07 Å². The molecule has 0 aliphatic rings. The lowest BCUT2D eigenvalue weighted by Gasteiger charge is -2.10. The molecule has 0 amide bonds. The minimum Gasteiger partial charge on any atom is -0.491 e. The average molecular weight is 313 g/mol. The summed E-state index contributed by atoms with van der Waals surface area (Å²) in [4.78, 5) is 0. The fourth-order valence-corrected chi connectivity index (χ4v) is 1.61. The highest BCUT2D eigenvalue weighted by Crippen LogP contribution is 2.31. The lowest BCUT2D eigenvalue weighted by molar-refractivity contribution is -0.137. The second-order valence-corrected chi connectivity index (χ2v) is 5.59. The fourth-order valence-electron chi connectivity index (χ4n) is 1.26. The van der Waals surface area contributed by atoms with E-state index in [9.17, 15) is 21.6 Å². The van der Waals surface area contributed by atoms with E-state index in [1.807, 2.05) is 0 Å². The van der Waals surface area contributed by atoms with Crippen molar-refractivity contribution in [2.45, 2.75) is 6.18 Å². The Hall–Kier alpha value is -1.32. The number of sulfonamides is 1. The van der Waals surface area contributed by atoms with Gasteiger partial charge < -0.3 is 9.47 Å². The summed E-state index contributed by atoms with van der Waals surface area (Å²) in [6.45, 7) is -0.0392. The monoisotopic (exact) mass is 313 g/mol. The Morgan fingerprint density at radius 1 is 1.15 bits per heavy atom. The zero-order chi connectivity index (χ0) is 15.2. The van der Waals surface area contributed by atoms with Crippen molar-refractivity contribution in [3.05, 3.63) is 29.8 Å². The van der Waals surface area contributed by atoms with Gasteiger partial charge in [0.25, 0.3) is 0 Å². The number of rotatable bonds is 7. The molecule has 2 N–H and O–H groups in total. The molecule has 5 nitrogen and oxygen atoms in total. The minimum atomic E-state index is -4.43. The van der Waals surface area contributed by atoms with E-state index < -0.39 is 21.8 Å². The number of ether oxygens (including phenoxy) is 2. The number of halogens is 3. The molecular weight excluding hydrogens is 299 g/mol. The van der Waals surface area contributed by atoms with E-state index in [0.717, 1.165) is 12.1 Å². The molecule has 0 radical (unpaired) electrons. The number of benzene rings is 1. The van der Waals surface area contributed by atoms with Crippen LogP contribution in [0.25, 0.3) is 0 Å². The van der Waals surface area contributed by atoms with Crippen molar-refractivity contribution < 1.29 is 31.1 Å². The maximum atomic E-state index is 12.4. The molecule has 0 bridgehead atoms. The zero-order valence-electron chi connectivity index (χ0n) is 10.4. The molecule has 0 spiro atoms. The molecule has 114 valence electrons. The maximum Gasteiger partial charge on any atom is 0.416 e. The Morgan fingerprint density at radius 2 is 1.85 bits per heavy atom. The lowest BCUT2D eigenvalue weighted by Crippen LogP contribution is -2.21. The minimum absolute atomic E-state index is 0.00588. The molecule has 1 aromatic rings. The first-order chi connectivity index (χ1) is 9.18. The molecule has 0 atom stereocenters. The first-order valence-electron chi connectivity index (χ1n) is 5.57. The molecule has 1 aromatic carbocycles. The van der Waals surface area contributed by atoms with Crippen molar-refractivity contribution in [2.24, 2.45) is 5.14 Å². The van der Waals surface area contributed by atoms with Crippen LogP contribution in [0.4, 0.5) is 13.2 Å². The highest BCUT2D eigenvalue weighted by Gasteiger charge is 2.30. The lowest BCUT2D eigenvalue weighted by atomic mass is 10.2. The van der Waals surface area contributed by atoms with Crippen LogP contribution in [0.15, 0.2) is 24.3 Å². The van der Waals surface area contributed by atoms with Crippen LogP contribution < -0.4 is 9.88 Å². The predicted molar refractivity (Wildman–Crippen MR) is 65.7 cm³/mol. The molecule has 20 heavy (non-hydrogen) atoms. The van der Waals surface area contributed by atoms with Gasteiger partial charge in [-0.05, 0) is 18.2 Å². The molecule has 0 aromatic heterocycles. The van der Waals surface area contributed by atoms with E-state index in [1.165, 1.54) is 12.1 Å². The number of nitrogens with two attached hydrogens (primary N) is 1. The van der Waals surface area contributed by atoms with Crippen molar-refractivity contribution >= 4 is 10.0 Å². The molecule has 0 aliphatic heterocycles. The number of primary sulfonamides is 1. The molecular formula is C11H14F3NO4S. The van der Waals surface area contributed by atoms with Gasteiger partial charge in [0.1, 0.15) is 12.4 Å². The number of hydrogen-bond acceptors (Lipinski definition) is 4. The van der Waals surface area contributed by atoms with Crippen LogP contribution in [-0.2, 0) is 20.9 Å². The van der Waals surface area contributed by atoms with Gasteiger partial charge in [0.05, 0.1) is 24.5 Å². The standard InChI is InChI=1S/C11H14F3NO4S/c12-11(13,14)9-2-1-3-10(8-9)19-5-4-18-6-7-20(15,16)17/h1-3,8H,4-7H2,(H2,15,16,17). The Kier molecular flexibility index (Phi) is 5.78. The van der Waals surface area contributed by atoms with Gasteiger partial charge in [0.2, 0.25) is 10.0 Å². The molecule has 0 saturated heterocycles. The van der Waals surface area contributed by atoms with Crippen molar-refractivity contribution in [1.29, 1.82) is 0 Å². The van der Waals surface area contributed by atoms with Gasteiger partial charge in [-0.2, -0.15) is 13.2 Å². The van der Waals surface area contributed by atoms with Gasteiger partial charge >= 0.3 is 6.18 Å². The second-order valence-electron chi connectivity index (χ2n) is 3.85. The highest BCUT2D eigenvalue weighted by atomic mass is 32.2. The van der Waals surface area contributed by atoms with Crippen LogP contribution in [0.5, 0.6) is 5.75 Å². The van der Waals surface area contributed by atoms with Crippen LogP contribution in [-0.4, -0.2) is 34.0 Å². The summed E-state index contributed by atoms with van der Waals surface area (Å²) < 4.78 is 68.4. The van der Waals surface area contributed by atoms with Crippen LogP contribution in [0.3, 0.4) is 0 Å². The van der Waals surface area contributed by atoms with E-state index in [1.54, 1.807) is 0 Å². The average Bonchev–Trinajstić information content (AvgIpc) is 2.31. The Labute approximate surface area is 114 Å². The van der Waals surface area contributed by atoms with E-state index in [2.05, 4.69) is 0 Å². The number of hydrogen-bond donors (Lipinski definition) is 1. The third kappa shape index (κ3) is 6.73. The van der Waals surface area contributed by atoms with Crippen molar-refractivity contribution in [2.75, 3.05) is 25.6 Å². The molecule has 0 fully saturated rings. The first kappa shape index (κ1) is 16.7. The highest BCUT2D eigenvalue weighted by molar-refractivity contribution is 7.89. The molecule has 0 heterocycles. The molecule has 9 heteroatoms. The summed E-state index contributed by atoms with van der Waals surface area (Å²) >= 11 is 0. The van der Waals surface area contributed by atoms with Crippen LogP contribution in [0.2, 0.25) is 0 Å². The molecule has 0 unspecified atom stereocenters. The van der Waals surface area contributed by atoms with Crippen molar-refractivity contribution in [3.63, 3.8) is 0 Å². The Balaban J connectivity index is 2.32. The third-order valence-electron chi connectivity index (χ3n) is 2.17. The van der Waals surface area contributed by atoms with Crippen LogP contribution in [0.1, 0.15) is 5.56 Å². The molecule has 1 rings (SSSR count). The smallest absolute Gasteiger partial charge is 0.416 e. The molecule has 0 aliphatic carbocycles.